The van der Waals surface area contributed by atoms with Gasteiger partial charge in [0.2, 0.25) is 0 Å². The molecule has 166 valence electrons. The lowest BCUT2D eigenvalue weighted by Gasteiger charge is -2.34. The Morgan fingerprint density at radius 2 is 1.94 bits per heavy atom. The minimum atomic E-state index is -4.67. The molecule has 0 aliphatic rings. The first-order valence-corrected chi connectivity index (χ1v) is 9.93. The van der Waals surface area contributed by atoms with Crippen molar-refractivity contribution in [2.45, 2.75) is 45.1 Å². The molecular formula is C22H22ClF4N3O. The summed E-state index contributed by atoms with van der Waals surface area (Å²) in [6.07, 6.45) is -3.97. The van der Waals surface area contributed by atoms with Crippen LogP contribution in [0.4, 0.5) is 23.2 Å². The number of hydrogen-bond acceptors (Lipinski definition) is 4. The average molecular weight is 456 g/mol. The molecule has 0 spiro atoms. The van der Waals surface area contributed by atoms with Gasteiger partial charge >= 0.3 is 6.18 Å². The number of nitrogens with zero attached hydrogens (tertiary/aromatic N) is 2. The number of benzene rings is 2. The SMILES string of the molecule is CC(C)NC[C@H](CC=O)N(Cc1cc(F)ccc1C(F)(F)F)c1ccc(C#N)c(Cl)c1. The van der Waals surface area contributed by atoms with Crippen LogP contribution in [0.25, 0.3) is 0 Å². The second-order valence-electron chi connectivity index (χ2n) is 7.32. The first-order chi connectivity index (χ1) is 14.6. The fraction of sp³-hybridized carbons (Fsp3) is 0.364. The van der Waals surface area contributed by atoms with Crippen molar-refractivity contribution in [1.82, 2.24) is 5.32 Å². The predicted octanol–water partition coefficient (Wildman–Crippen LogP) is 5.33. The van der Waals surface area contributed by atoms with E-state index in [1.54, 1.807) is 11.0 Å². The quantitative estimate of drug-likeness (QED) is 0.410. The van der Waals surface area contributed by atoms with Gasteiger partial charge in [0.1, 0.15) is 18.2 Å². The highest BCUT2D eigenvalue weighted by Crippen LogP contribution is 2.35. The van der Waals surface area contributed by atoms with E-state index in [1.165, 1.54) is 12.1 Å². The van der Waals surface area contributed by atoms with Gasteiger partial charge in [0, 0.05) is 37.3 Å². The van der Waals surface area contributed by atoms with Crippen molar-refractivity contribution in [2.24, 2.45) is 0 Å². The number of carbonyl (C=O) groups excluding carboxylic acids is 1. The van der Waals surface area contributed by atoms with Gasteiger partial charge in [0.15, 0.2) is 0 Å². The molecule has 0 saturated carbocycles. The van der Waals surface area contributed by atoms with Crippen molar-refractivity contribution in [3.8, 4) is 6.07 Å². The number of hydrogen-bond donors (Lipinski definition) is 1. The highest BCUT2D eigenvalue weighted by Gasteiger charge is 2.34. The highest BCUT2D eigenvalue weighted by molar-refractivity contribution is 6.32. The number of halogens is 5. The normalized spacial score (nSPS) is 12.5. The molecule has 4 nitrogen and oxygen atoms in total. The zero-order valence-corrected chi connectivity index (χ0v) is 17.8. The maximum absolute atomic E-state index is 13.8. The molecule has 2 aromatic carbocycles. The van der Waals surface area contributed by atoms with Gasteiger partial charge < -0.3 is 15.0 Å². The highest BCUT2D eigenvalue weighted by atomic mass is 35.5. The van der Waals surface area contributed by atoms with Gasteiger partial charge in [-0.3, -0.25) is 0 Å². The van der Waals surface area contributed by atoms with Gasteiger partial charge in [-0.15, -0.1) is 0 Å². The van der Waals surface area contributed by atoms with Crippen molar-refractivity contribution in [3.63, 3.8) is 0 Å². The van der Waals surface area contributed by atoms with Gasteiger partial charge in [0.05, 0.1) is 16.1 Å². The van der Waals surface area contributed by atoms with Gasteiger partial charge in [0.25, 0.3) is 0 Å². The minimum absolute atomic E-state index is 0.0218. The van der Waals surface area contributed by atoms with Crippen LogP contribution in [0.1, 0.15) is 37.0 Å². The van der Waals surface area contributed by atoms with Gasteiger partial charge in [-0.1, -0.05) is 25.4 Å². The molecule has 0 fully saturated rings. The van der Waals surface area contributed by atoms with Crippen LogP contribution in [-0.2, 0) is 17.5 Å². The summed E-state index contributed by atoms with van der Waals surface area (Å²) in [4.78, 5) is 12.9. The van der Waals surface area contributed by atoms with E-state index in [2.05, 4.69) is 5.32 Å². The number of carbonyl (C=O) groups is 1. The second kappa shape index (κ2) is 10.6. The number of nitrogens with one attached hydrogen (secondary N) is 1. The maximum atomic E-state index is 13.8. The summed E-state index contributed by atoms with van der Waals surface area (Å²) in [5, 5.41) is 12.4. The van der Waals surface area contributed by atoms with Gasteiger partial charge in [-0.2, -0.15) is 18.4 Å². The summed E-state index contributed by atoms with van der Waals surface area (Å²) in [6, 6.07) is 8.23. The van der Waals surface area contributed by atoms with Crippen LogP contribution in [0.5, 0.6) is 0 Å². The van der Waals surface area contributed by atoms with Crippen molar-refractivity contribution in [2.75, 3.05) is 11.4 Å². The lowest BCUT2D eigenvalue weighted by Crippen LogP contribution is -2.44. The second-order valence-corrected chi connectivity index (χ2v) is 7.73. The molecule has 0 radical (unpaired) electrons. The minimum Gasteiger partial charge on any atom is -0.362 e. The van der Waals surface area contributed by atoms with Crippen LogP contribution in [0.15, 0.2) is 36.4 Å². The van der Waals surface area contributed by atoms with Crippen molar-refractivity contribution in [1.29, 1.82) is 5.26 Å². The third kappa shape index (κ3) is 6.68. The molecule has 0 aliphatic carbocycles. The van der Waals surface area contributed by atoms with Gasteiger partial charge in [-0.25, -0.2) is 4.39 Å². The monoisotopic (exact) mass is 455 g/mol. The first kappa shape index (κ1) is 24.6. The lowest BCUT2D eigenvalue weighted by atomic mass is 10.0. The molecule has 0 aromatic heterocycles. The smallest absolute Gasteiger partial charge is 0.362 e. The molecule has 0 unspecified atom stereocenters. The van der Waals surface area contributed by atoms with E-state index in [-0.39, 0.29) is 35.2 Å². The van der Waals surface area contributed by atoms with E-state index in [0.717, 1.165) is 12.1 Å². The fourth-order valence-electron chi connectivity index (χ4n) is 3.16. The van der Waals surface area contributed by atoms with Crippen LogP contribution in [0.2, 0.25) is 5.02 Å². The molecular weight excluding hydrogens is 434 g/mol. The molecule has 0 aliphatic heterocycles. The van der Waals surface area contributed by atoms with Crippen LogP contribution in [-0.4, -0.2) is 24.9 Å². The zero-order valence-electron chi connectivity index (χ0n) is 17.0. The molecule has 1 N–H and O–H groups in total. The van der Waals surface area contributed by atoms with E-state index in [1.807, 2.05) is 19.9 Å². The first-order valence-electron chi connectivity index (χ1n) is 9.55. The van der Waals surface area contributed by atoms with Crippen molar-refractivity contribution < 1.29 is 22.4 Å². The zero-order chi connectivity index (χ0) is 23.2. The number of nitriles is 1. The summed E-state index contributed by atoms with van der Waals surface area (Å²) in [5.41, 5.74) is -0.605. The van der Waals surface area contributed by atoms with Crippen molar-refractivity contribution >= 4 is 23.6 Å². The molecule has 0 saturated heterocycles. The number of aldehydes is 1. The van der Waals surface area contributed by atoms with E-state index in [4.69, 9.17) is 16.9 Å². The van der Waals surface area contributed by atoms with Crippen LogP contribution in [0.3, 0.4) is 0 Å². The molecule has 2 rings (SSSR count). The molecule has 1 atom stereocenters. The molecule has 31 heavy (non-hydrogen) atoms. The van der Waals surface area contributed by atoms with Gasteiger partial charge in [-0.05, 0) is 42.0 Å². The Bertz CT molecular complexity index is 957. The molecule has 0 bridgehead atoms. The van der Waals surface area contributed by atoms with Crippen LogP contribution in [0, 0.1) is 17.1 Å². The van der Waals surface area contributed by atoms with E-state index in [9.17, 15) is 22.4 Å². The summed E-state index contributed by atoms with van der Waals surface area (Å²) in [6.45, 7) is 3.78. The average Bonchev–Trinajstić information content (AvgIpc) is 2.68. The fourth-order valence-corrected chi connectivity index (χ4v) is 3.38. The maximum Gasteiger partial charge on any atom is 0.416 e. The Balaban J connectivity index is 2.57. The van der Waals surface area contributed by atoms with E-state index in [0.29, 0.717) is 24.6 Å². The standard InChI is InChI=1S/C22H22ClF4N3O/c1-14(2)29-12-19(7-8-31)30(18-5-3-15(11-28)21(23)10-18)13-16-9-17(24)4-6-20(16)22(25,26)27/h3-6,8-10,14,19,29H,7,12-13H2,1-2H3/t19-/m0/s1. The lowest BCUT2D eigenvalue weighted by molar-refractivity contribution is -0.138. The number of anilines is 1. The Morgan fingerprint density at radius 1 is 1.23 bits per heavy atom. The summed E-state index contributed by atoms with van der Waals surface area (Å²) in [7, 11) is 0. The van der Waals surface area contributed by atoms with Crippen LogP contribution >= 0.6 is 11.6 Å². The molecule has 2 aromatic rings. The molecule has 0 heterocycles. The van der Waals surface area contributed by atoms with E-state index >= 15 is 0 Å². The molecule has 9 heteroatoms. The number of rotatable bonds is 9. The molecule has 0 amide bonds. The summed E-state index contributed by atoms with van der Waals surface area (Å²) in [5.74, 6) is -0.798. The van der Waals surface area contributed by atoms with E-state index < -0.39 is 23.6 Å². The topological polar surface area (TPSA) is 56.1 Å². The Hall–Kier alpha value is -2.63. The Labute approximate surface area is 183 Å². The third-order valence-corrected chi connectivity index (χ3v) is 5.00. The Kier molecular flexibility index (Phi) is 8.43. The van der Waals surface area contributed by atoms with Crippen molar-refractivity contribution in [3.05, 3.63) is 63.9 Å². The number of alkyl halides is 3. The summed E-state index contributed by atoms with van der Waals surface area (Å²) >= 11 is 6.14. The largest absolute Gasteiger partial charge is 0.416 e. The third-order valence-electron chi connectivity index (χ3n) is 4.69. The predicted molar refractivity (Wildman–Crippen MR) is 111 cm³/mol. The van der Waals surface area contributed by atoms with Crippen LogP contribution < -0.4 is 10.2 Å². The Morgan fingerprint density at radius 3 is 2.48 bits per heavy atom. The summed E-state index contributed by atoms with van der Waals surface area (Å²) < 4.78 is 54.4.